The molecule has 1 saturated carbocycles. The Morgan fingerprint density at radius 2 is 1.32 bits per heavy atom. The lowest BCUT2D eigenvalue weighted by Gasteiger charge is -2.47. The van der Waals surface area contributed by atoms with E-state index in [1.165, 1.54) is 56.5 Å². The minimum absolute atomic E-state index is 0.0140. The zero-order valence-corrected chi connectivity index (χ0v) is 35.0. The second-order valence-electron chi connectivity index (χ2n) is 18.2. The largest absolute Gasteiger partial charge is 0.491 e. The second-order valence-corrected chi connectivity index (χ2v) is 18.2. The highest BCUT2D eigenvalue weighted by Gasteiger charge is 2.57. The summed E-state index contributed by atoms with van der Waals surface area (Å²) in [6, 6.07) is 30.3. The Hall–Kier alpha value is -3.36. The first-order valence-electron chi connectivity index (χ1n) is 21.0. The lowest BCUT2D eigenvalue weighted by atomic mass is 9.58. The Balaban J connectivity index is 1.66. The van der Waals surface area contributed by atoms with E-state index in [4.69, 9.17) is 4.74 Å². The highest BCUT2D eigenvalue weighted by molar-refractivity contribution is 6.05. The van der Waals surface area contributed by atoms with Gasteiger partial charge in [-0.15, -0.1) is 0 Å². The lowest BCUT2D eigenvalue weighted by Crippen LogP contribution is -2.35. The predicted molar refractivity (Wildman–Crippen MR) is 230 cm³/mol. The van der Waals surface area contributed by atoms with Crippen LogP contribution < -0.4 is 4.74 Å². The third kappa shape index (κ3) is 6.92. The smallest absolute Gasteiger partial charge is 0.127 e. The summed E-state index contributed by atoms with van der Waals surface area (Å²) in [7, 11) is 0. The van der Waals surface area contributed by atoms with E-state index in [1.54, 1.807) is 5.56 Å². The maximum absolute atomic E-state index is 9.91. The molecule has 2 heteroatoms. The number of hydrogen-bond acceptors (Lipinski definition) is 2. The molecule has 0 heterocycles. The zero-order valence-electron chi connectivity index (χ0n) is 35.0. The normalized spacial score (nSPS) is 19.2. The highest BCUT2D eigenvalue weighted by atomic mass is 16.5. The topological polar surface area (TPSA) is 29.5 Å². The van der Waals surface area contributed by atoms with Crippen molar-refractivity contribution in [2.24, 2.45) is 27.6 Å². The molecule has 53 heavy (non-hydrogen) atoms. The third-order valence-corrected chi connectivity index (χ3v) is 15.2. The molecule has 0 radical (unpaired) electrons. The van der Waals surface area contributed by atoms with E-state index in [9.17, 15) is 5.11 Å². The Bertz CT molecular complexity index is 2060. The fourth-order valence-electron chi connectivity index (χ4n) is 10.4. The van der Waals surface area contributed by atoms with Crippen LogP contribution >= 0.6 is 0 Å². The van der Waals surface area contributed by atoms with E-state index in [2.05, 4.69) is 155 Å². The molecule has 1 N–H and O–H groups in total. The summed E-state index contributed by atoms with van der Waals surface area (Å²) >= 11 is 0. The van der Waals surface area contributed by atoms with E-state index < -0.39 is 0 Å². The molecule has 0 aromatic heterocycles. The standard InChI is InChI=1S/C51H68O2/c1-12-48(7,8)47(50(10,15-4)16-5)40-24-20-23-39-42(40)31-37(32-44(39)53-28-27-52)34-25-26-36-29-35-21-18-19-22-38(35)45(41(36)30-34)46(49(9,13-2)14-3)43-33-51(43,11)17-6/h18-26,29-32,43,46-47,52H,12-17,27-28,33H2,1-11H3. The Labute approximate surface area is 321 Å². The van der Waals surface area contributed by atoms with Gasteiger partial charge in [0.15, 0.2) is 0 Å². The molecule has 1 fully saturated rings. The van der Waals surface area contributed by atoms with Gasteiger partial charge in [-0.2, -0.15) is 0 Å². The SMILES string of the molecule is CCC(C)(C)C(c1cccc2c(OCCO)cc(-c3ccc4cc5ccccc5c(C(C5CC5(C)CC)C(C)(CC)CC)c4c3)cc12)C(C)(CC)CC. The van der Waals surface area contributed by atoms with E-state index in [-0.39, 0.29) is 29.5 Å². The first-order chi connectivity index (χ1) is 25.3. The predicted octanol–water partition coefficient (Wildman–Crippen LogP) is 14.9. The van der Waals surface area contributed by atoms with Crippen LogP contribution in [0.4, 0.5) is 0 Å². The van der Waals surface area contributed by atoms with Crippen LogP contribution in [-0.2, 0) is 0 Å². The van der Waals surface area contributed by atoms with Gasteiger partial charge < -0.3 is 9.84 Å². The van der Waals surface area contributed by atoms with Gasteiger partial charge in [0.2, 0.25) is 0 Å². The summed E-state index contributed by atoms with van der Waals surface area (Å²) in [6.45, 7) is 27.1. The van der Waals surface area contributed by atoms with Gasteiger partial charge in [0, 0.05) is 5.39 Å². The number of hydrogen-bond donors (Lipinski definition) is 1. The molecule has 0 saturated heterocycles. The van der Waals surface area contributed by atoms with Crippen LogP contribution in [0.25, 0.3) is 43.4 Å². The third-order valence-electron chi connectivity index (χ3n) is 15.2. The summed E-state index contributed by atoms with van der Waals surface area (Å²) < 4.78 is 6.42. The van der Waals surface area contributed by atoms with Crippen molar-refractivity contribution < 1.29 is 9.84 Å². The monoisotopic (exact) mass is 713 g/mol. The van der Waals surface area contributed by atoms with Crippen molar-refractivity contribution in [1.82, 2.24) is 0 Å². The first-order valence-corrected chi connectivity index (χ1v) is 21.0. The number of rotatable bonds is 16. The maximum atomic E-state index is 9.91. The summed E-state index contributed by atoms with van der Waals surface area (Å²) in [5.74, 6) is 2.36. The minimum Gasteiger partial charge on any atom is -0.491 e. The molecule has 0 spiro atoms. The fraction of sp³-hybridized carbons (Fsp3) is 0.529. The maximum Gasteiger partial charge on any atom is 0.127 e. The molecule has 0 aliphatic heterocycles. The quantitative estimate of drug-likeness (QED) is 0.103. The molecule has 284 valence electrons. The van der Waals surface area contributed by atoms with Crippen molar-refractivity contribution in [3.05, 3.63) is 90.0 Å². The van der Waals surface area contributed by atoms with Gasteiger partial charge >= 0.3 is 0 Å². The molecule has 1 aliphatic carbocycles. The van der Waals surface area contributed by atoms with E-state index in [0.717, 1.165) is 43.2 Å². The Morgan fingerprint density at radius 1 is 0.679 bits per heavy atom. The summed E-state index contributed by atoms with van der Waals surface area (Å²) in [4.78, 5) is 0. The van der Waals surface area contributed by atoms with E-state index >= 15 is 0 Å². The molecule has 0 amide bonds. The first kappa shape index (κ1) is 39.3. The fourth-order valence-corrected chi connectivity index (χ4v) is 10.4. The van der Waals surface area contributed by atoms with E-state index in [1.807, 2.05) is 0 Å². The van der Waals surface area contributed by atoms with Gasteiger partial charge in [-0.05, 0) is 119 Å². The number of fused-ring (bicyclic) bond motifs is 3. The molecule has 5 aromatic carbocycles. The van der Waals surface area contributed by atoms with Crippen LogP contribution in [-0.4, -0.2) is 18.3 Å². The number of ether oxygens (including phenoxy) is 1. The van der Waals surface area contributed by atoms with Crippen LogP contribution in [0.1, 0.15) is 144 Å². The molecular formula is C51H68O2. The lowest BCUT2D eigenvalue weighted by molar-refractivity contribution is 0.111. The van der Waals surface area contributed by atoms with Crippen LogP contribution in [0, 0.1) is 27.6 Å². The molecule has 6 rings (SSSR count). The van der Waals surface area contributed by atoms with Gasteiger partial charge in [-0.1, -0.05) is 169 Å². The van der Waals surface area contributed by atoms with Crippen molar-refractivity contribution in [2.45, 2.75) is 133 Å². The van der Waals surface area contributed by atoms with Gasteiger partial charge in [-0.25, -0.2) is 0 Å². The van der Waals surface area contributed by atoms with Crippen molar-refractivity contribution in [2.75, 3.05) is 13.2 Å². The summed E-state index contributed by atoms with van der Waals surface area (Å²) in [5.41, 5.74) is 6.20. The van der Waals surface area contributed by atoms with Crippen LogP contribution in [0.2, 0.25) is 0 Å². The van der Waals surface area contributed by atoms with Crippen molar-refractivity contribution in [3.63, 3.8) is 0 Å². The number of benzene rings is 5. The molecule has 0 bridgehead atoms. The molecule has 5 aromatic rings. The minimum atomic E-state index is -0.0140. The van der Waals surface area contributed by atoms with Gasteiger partial charge in [-0.3, -0.25) is 0 Å². The van der Waals surface area contributed by atoms with Crippen molar-refractivity contribution in [3.8, 4) is 16.9 Å². The molecule has 2 nitrogen and oxygen atoms in total. The molecular weight excluding hydrogens is 645 g/mol. The molecule has 1 aliphatic rings. The van der Waals surface area contributed by atoms with E-state index in [0.29, 0.717) is 23.2 Å². The highest BCUT2D eigenvalue weighted by Crippen LogP contribution is 2.67. The Morgan fingerprint density at radius 3 is 1.94 bits per heavy atom. The van der Waals surface area contributed by atoms with Gasteiger partial charge in [0.1, 0.15) is 12.4 Å². The summed E-state index contributed by atoms with van der Waals surface area (Å²) in [5, 5.41) is 17.8. The average molecular weight is 713 g/mol. The van der Waals surface area contributed by atoms with Gasteiger partial charge in [0.05, 0.1) is 6.61 Å². The van der Waals surface area contributed by atoms with Gasteiger partial charge in [0.25, 0.3) is 0 Å². The Kier molecular flexibility index (Phi) is 11.2. The van der Waals surface area contributed by atoms with Crippen molar-refractivity contribution >= 4 is 32.3 Å². The van der Waals surface area contributed by atoms with Crippen LogP contribution in [0.5, 0.6) is 5.75 Å². The number of aliphatic hydroxyl groups is 1. The average Bonchev–Trinajstić information content (AvgIpc) is 3.86. The zero-order chi connectivity index (χ0) is 38.3. The number of aliphatic hydroxyl groups excluding tert-OH is 1. The summed E-state index contributed by atoms with van der Waals surface area (Å²) in [6.07, 6.45) is 8.21. The molecule has 4 atom stereocenters. The molecule has 4 unspecified atom stereocenters. The van der Waals surface area contributed by atoms with Crippen molar-refractivity contribution in [1.29, 1.82) is 0 Å². The van der Waals surface area contributed by atoms with Crippen LogP contribution in [0.15, 0.2) is 78.9 Å². The second kappa shape index (κ2) is 15.1. The van der Waals surface area contributed by atoms with Crippen LogP contribution in [0.3, 0.4) is 0 Å².